The van der Waals surface area contributed by atoms with E-state index in [4.69, 9.17) is 23.1 Å². The number of carbonyl (C=O) groups excluding carboxylic acids is 1. The number of nitrogen functional groups attached to an aromatic ring is 1. The highest BCUT2D eigenvalue weighted by atomic mass is 16.5. The van der Waals surface area contributed by atoms with Gasteiger partial charge in [-0.15, -0.1) is 0 Å². The maximum Gasteiger partial charge on any atom is 0.248 e. The summed E-state index contributed by atoms with van der Waals surface area (Å²) in [6.45, 7) is 4.44. The van der Waals surface area contributed by atoms with E-state index in [1.54, 1.807) is 25.3 Å². The zero-order chi connectivity index (χ0) is 24.5. The lowest BCUT2D eigenvalue weighted by molar-refractivity contribution is -0.111. The Bertz CT molecular complexity index is 1200. The van der Waals surface area contributed by atoms with Gasteiger partial charge in [0.15, 0.2) is 0 Å². The van der Waals surface area contributed by atoms with Crippen LogP contribution in [0.5, 0.6) is 11.5 Å². The van der Waals surface area contributed by atoms with Gasteiger partial charge in [0.05, 0.1) is 18.5 Å². The van der Waals surface area contributed by atoms with E-state index in [0.717, 1.165) is 22.4 Å². The van der Waals surface area contributed by atoms with Crippen LogP contribution < -0.4 is 26.0 Å². The highest BCUT2D eigenvalue weighted by molar-refractivity contribution is 6.32. The number of nitrogens with two attached hydrogens (primary N) is 1. The lowest BCUT2D eigenvalue weighted by Gasteiger charge is -2.17. The molecule has 0 bridgehead atoms. The molecule has 34 heavy (non-hydrogen) atoms. The number of anilines is 2. The standard InChI is InChI=1S/C28H29BN2O3/c1-19(2)8-15-23-26(33-3)16-11-21(28(23)34-18-20-9-13-22(29)14-10-20)12-17-27(32)31-25-7-5-4-6-24(25)30/h4-14,16-17H,15,18,30H2,1-3H3,(H,31,32)/b17-12+. The van der Waals surface area contributed by atoms with Crippen molar-refractivity contribution < 1.29 is 14.3 Å². The molecule has 0 saturated heterocycles. The summed E-state index contributed by atoms with van der Waals surface area (Å²) in [4.78, 5) is 12.5. The normalized spacial score (nSPS) is 10.7. The number of ether oxygens (including phenoxy) is 2. The fourth-order valence-electron chi connectivity index (χ4n) is 3.34. The summed E-state index contributed by atoms with van der Waals surface area (Å²) < 4.78 is 11.9. The van der Waals surface area contributed by atoms with E-state index in [-0.39, 0.29) is 5.91 Å². The zero-order valence-electron chi connectivity index (χ0n) is 19.8. The van der Waals surface area contributed by atoms with E-state index in [2.05, 4.69) is 11.4 Å². The molecular weight excluding hydrogens is 423 g/mol. The van der Waals surface area contributed by atoms with E-state index in [1.807, 2.05) is 62.4 Å². The topological polar surface area (TPSA) is 73.6 Å². The van der Waals surface area contributed by atoms with Crippen LogP contribution in [0.2, 0.25) is 0 Å². The molecule has 3 N–H and O–H groups in total. The summed E-state index contributed by atoms with van der Waals surface area (Å²) in [5, 5.41) is 2.80. The highest BCUT2D eigenvalue weighted by Gasteiger charge is 2.15. The van der Waals surface area contributed by atoms with E-state index in [1.165, 1.54) is 11.6 Å². The average Bonchev–Trinajstić information content (AvgIpc) is 2.82. The lowest BCUT2D eigenvalue weighted by atomic mass is 9.95. The first-order valence-corrected chi connectivity index (χ1v) is 11.0. The van der Waals surface area contributed by atoms with Gasteiger partial charge in [0.25, 0.3) is 0 Å². The van der Waals surface area contributed by atoms with Crippen LogP contribution in [-0.4, -0.2) is 20.9 Å². The predicted octanol–water partition coefficient (Wildman–Crippen LogP) is 4.81. The quantitative estimate of drug-likeness (QED) is 0.212. The smallest absolute Gasteiger partial charge is 0.248 e. The molecule has 6 heteroatoms. The molecule has 0 saturated carbocycles. The number of para-hydroxylation sites is 2. The van der Waals surface area contributed by atoms with E-state index in [0.29, 0.717) is 35.6 Å². The molecule has 0 aliphatic rings. The van der Waals surface area contributed by atoms with Gasteiger partial charge in [-0.3, -0.25) is 4.79 Å². The number of hydrogen-bond acceptors (Lipinski definition) is 4. The Hall–Kier alpha value is -3.93. The van der Waals surface area contributed by atoms with Crippen molar-refractivity contribution in [2.45, 2.75) is 26.9 Å². The largest absolute Gasteiger partial charge is 0.496 e. The van der Waals surface area contributed by atoms with E-state index in [9.17, 15) is 4.79 Å². The fraction of sp³-hybridized carbons (Fsp3) is 0.179. The number of rotatable bonds is 9. The summed E-state index contributed by atoms with van der Waals surface area (Å²) in [6, 6.07) is 18.4. The minimum Gasteiger partial charge on any atom is -0.496 e. The molecule has 3 aromatic carbocycles. The molecular formula is C28H29BN2O3. The summed E-state index contributed by atoms with van der Waals surface area (Å²) in [7, 11) is 7.44. The Labute approximate surface area is 202 Å². The number of amides is 1. The maximum absolute atomic E-state index is 12.5. The van der Waals surface area contributed by atoms with Crippen molar-refractivity contribution >= 4 is 36.7 Å². The van der Waals surface area contributed by atoms with Crippen molar-refractivity contribution in [3.8, 4) is 11.5 Å². The molecule has 0 spiro atoms. The van der Waals surface area contributed by atoms with E-state index < -0.39 is 0 Å². The van der Waals surface area contributed by atoms with Crippen LogP contribution in [0.3, 0.4) is 0 Å². The minimum absolute atomic E-state index is 0.288. The molecule has 0 atom stereocenters. The van der Waals surface area contributed by atoms with Crippen molar-refractivity contribution in [1.82, 2.24) is 0 Å². The van der Waals surface area contributed by atoms with Crippen molar-refractivity contribution in [2.24, 2.45) is 0 Å². The van der Waals surface area contributed by atoms with Crippen LogP contribution in [-0.2, 0) is 17.8 Å². The van der Waals surface area contributed by atoms with Crippen LogP contribution in [0.25, 0.3) is 6.08 Å². The summed E-state index contributed by atoms with van der Waals surface area (Å²) >= 11 is 0. The second kappa shape index (κ2) is 11.8. The number of methoxy groups -OCH3 is 1. The second-order valence-corrected chi connectivity index (χ2v) is 8.09. The number of carbonyl (C=O) groups is 1. The van der Waals surface area contributed by atoms with Gasteiger partial charge in [-0.05, 0) is 56.2 Å². The average molecular weight is 452 g/mol. The van der Waals surface area contributed by atoms with Gasteiger partial charge in [0.1, 0.15) is 26.0 Å². The molecule has 5 nitrogen and oxygen atoms in total. The lowest BCUT2D eigenvalue weighted by Crippen LogP contribution is -2.09. The molecule has 0 unspecified atom stereocenters. The van der Waals surface area contributed by atoms with Crippen molar-refractivity contribution in [3.63, 3.8) is 0 Å². The second-order valence-electron chi connectivity index (χ2n) is 8.09. The first kappa shape index (κ1) is 24.7. The molecule has 0 fully saturated rings. The molecule has 0 aliphatic heterocycles. The molecule has 0 aromatic heterocycles. The van der Waals surface area contributed by atoms with Gasteiger partial charge in [-0.2, -0.15) is 0 Å². The fourth-order valence-corrected chi connectivity index (χ4v) is 3.34. The van der Waals surface area contributed by atoms with Gasteiger partial charge in [0.2, 0.25) is 5.91 Å². The first-order chi connectivity index (χ1) is 16.4. The Morgan fingerprint density at radius 2 is 1.79 bits per heavy atom. The molecule has 0 heterocycles. The van der Waals surface area contributed by atoms with Gasteiger partial charge >= 0.3 is 0 Å². The Morgan fingerprint density at radius 1 is 1.06 bits per heavy atom. The summed E-state index contributed by atoms with van der Waals surface area (Å²) in [5.74, 6) is 1.10. The molecule has 1 amide bonds. The van der Waals surface area contributed by atoms with Gasteiger partial charge < -0.3 is 20.5 Å². The number of benzene rings is 3. The third kappa shape index (κ3) is 6.78. The predicted molar refractivity (Wildman–Crippen MR) is 141 cm³/mol. The molecule has 2 radical (unpaired) electrons. The summed E-state index contributed by atoms with van der Waals surface area (Å²) in [5.41, 5.74) is 11.5. The van der Waals surface area contributed by atoms with E-state index >= 15 is 0 Å². The monoisotopic (exact) mass is 452 g/mol. The highest BCUT2D eigenvalue weighted by Crippen LogP contribution is 2.35. The van der Waals surface area contributed by atoms with Gasteiger partial charge in [0, 0.05) is 17.2 Å². The SMILES string of the molecule is [B]c1ccc(COc2c(/C=C/C(=O)Nc3ccccc3N)ccc(OC)c2CC=C(C)C)cc1. The van der Waals surface area contributed by atoms with Crippen molar-refractivity contribution in [2.75, 3.05) is 18.2 Å². The van der Waals surface area contributed by atoms with Crippen LogP contribution in [0.15, 0.2) is 78.4 Å². The molecule has 3 aromatic rings. The first-order valence-electron chi connectivity index (χ1n) is 11.0. The third-order valence-electron chi connectivity index (χ3n) is 5.18. The molecule has 0 aliphatic carbocycles. The van der Waals surface area contributed by atoms with Crippen molar-refractivity contribution in [3.05, 3.63) is 95.1 Å². The van der Waals surface area contributed by atoms with Crippen LogP contribution in [0.4, 0.5) is 11.4 Å². The zero-order valence-corrected chi connectivity index (χ0v) is 19.8. The molecule has 3 rings (SSSR count). The van der Waals surface area contributed by atoms with Gasteiger partial charge in [-0.1, -0.05) is 53.5 Å². The van der Waals surface area contributed by atoms with Crippen LogP contribution in [0, 0.1) is 0 Å². The molecule has 172 valence electrons. The Balaban J connectivity index is 1.92. The Kier molecular flexibility index (Phi) is 8.57. The maximum atomic E-state index is 12.5. The van der Waals surface area contributed by atoms with Crippen LogP contribution in [0.1, 0.15) is 30.5 Å². The Morgan fingerprint density at radius 3 is 2.47 bits per heavy atom. The number of hydrogen-bond donors (Lipinski definition) is 2. The third-order valence-corrected chi connectivity index (χ3v) is 5.18. The number of allylic oxidation sites excluding steroid dienone is 2. The summed E-state index contributed by atoms with van der Waals surface area (Å²) in [6.07, 6.45) is 5.95. The van der Waals surface area contributed by atoms with Crippen molar-refractivity contribution in [1.29, 1.82) is 0 Å². The van der Waals surface area contributed by atoms with Gasteiger partial charge in [-0.25, -0.2) is 0 Å². The number of nitrogens with one attached hydrogen (secondary N) is 1. The minimum atomic E-state index is -0.288. The van der Waals surface area contributed by atoms with Crippen LogP contribution >= 0.6 is 0 Å².